The van der Waals surface area contributed by atoms with Gasteiger partial charge in [0.2, 0.25) is 0 Å². The van der Waals surface area contributed by atoms with Crippen molar-refractivity contribution in [2.75, 3.05) is 25.2 Å². The number of thioether (sulfide) groups is 1. The number of hydrogen-bond donors (Lipinski definition) is 1. The molecule has 0 saturated heterocycles. The zero-order valence-electron chi connectivity index (χ0n) is 14.7. The Labute approximate surface area is 160 Å². The highest BCUT2D eigenvalue weighted by atomic mass is 32.2. The van der Waals surface area contributed by atoms with E-state index in [0.717, 1.165) is 45.5 Å². The van der Waals surface area contributed by atoms with Crippen LogP contribution in [0, 0.1) is 0 Å². The maximum atomic E-state index is 6.25. The fraction of sp³-hybridized carbons (Fsp3) is 0.368. The van der Waals surface area contributed by atoms with Gasteiger partial charge in [0.1, 0.15) is 22.1 Å². The molecule has 0 radical (unpaired) electrons. The molecule has 4 rings (SSSR count). The van der Waals surface area contributed by atoms with Crippen molar-refractivity contribution in [2.45, 2.75) is 30.8 Å². The van der Waals surface area contributed by atoms with Crippen LogP contribution in [0.5, 0.6) is 11.5 Å². The molecule has 2 aromatic heterocycles. The number of ether oxygens (including phenoxy) is 2. The number of nitrogens with zero attached hydrogens (tertiary/aromatic N) is 2. The molecule has 136 valence electrons. The van der Waals surface area contributed by atoms with Gasteiger partial charge in [-0.25, -0.2) is 9.97 Å². The van der Waals surface area contributed by atoms with Gasteiger partial charge in [0, 0.05) is 10.6 Å². The number of methoxy groups -OCH3 is 1. The van der Waals surface area contributed by atoms with Gasteiger partial charge in [-0.15, -0.1) is 11.3 Å². The summed E-state index contributed by atoms with van der Waals surface area (Å²) in [5.41, 5.74) is 7.63. The predicted octanol–water partition coefficient (Wildman–Crippen LogP) is 4.33. The van der Waals surface area contributed by atoms with Crippen LogP contribution in [0.25, 0.3) is 10.2 Å². The summed E-state index contributed by atoms with van der Waals surface area (Å²) in [6.07, 6.45) is 4.74. The number of rotatable bonds is 6. The third-order valence-corrected chi connectivity index (χ3v) is 6.46. The van der Waals surface area contributed by atoms with Crippen molar-refractivity contribution < 1.29 is 9.47 Å². The number of thiophene rings is 1. The molecule has 0 bridgehead atoms. The summed E-state index contributed by atoms with van der Waals surface area (Å²) in [6, 6.07) is 7.58. The van der Waals surface area contributed by atoms with Crippen LogP contribution < -0.4 is 15.2 Å². The summed E-state index contributed by atoms with van der Waals surface area (Å²) >= 11 is 3.36. The molecule has 3 aromatic rings. The lowest BCUT2D eigenvalue weighted by atomic mass is 9.97. The lowest BCUT2D eigenvalue weighted by Crippen LogP contribution is -2.03. The van der Waals surface area contributed by atoms with Crippen molar-refractivity contribution >= 4 is 39.1 Å². The monoisotopic (exact) mass is 387 g/mol. The van der Waals surface area contributed by atoms with E-state index in [1.807, 2.05) is 24.3 Å². The molecule has 0 unspecified atom stereocenters. The molecule has 1 aromatic carbocycles. The first kappa shape index (κ1) is 17.4. The second-order valence-corrected chi connectivity index (χ2v) is 8.30. The minimum absolute atomic E-state index is 0.583. The molecule has 2 heterocycles. The van der Waals surface area contributed by atoms with Gasteiger partial charge in [-0.1, -0.05) is 11.8 Å². The Morgan fingerprint density at radius 3 is 2.69 bits per heavy atom. The first-order chi connectivity index (χ1) is 12.7. The summed E-state index contributed by atoms with van der Waals surface area (Å²) in [5.74, 6) is 3.03. The minimum atomic E-state index is 0.583. The first-order valence-electron chi connectivity index (χ1n) is 8.72. The van der Waals surface area contributed by atoms with Gasteiger partial charge in [-0.2, -0.15) is 0 Å². The molecule has 0 spiro atoms. The van der Waals surface area contributed by atoms with E-state index in [9.17, 15) is 0 Å². The largest absolute Gasteiger partial charge is 0.497 e. The Bertz CT molecular complexity index is 909. The second kappa shape index (κ2) is 7.72. The minimum Gasteiger partial charge on any atom is -0.497 e. The molecular formula is C19H21N3O2S2. The Hall–Kier alpha value is -1.99. The predicted molar refractivity (Wildman–Crippen MR) is 108 cm³/mol. The maximum absolute atomic E-state index is 6.25. The van der Waals surface area contributed by atoms with Crippen LogP contribution >= 0.6 is 23.1 Å². The van der Waals surface area contributed by atoms with E-state index < -0.39 is 0 Å². The van der Waals surface area contributed by atoms with Gasteiger partial charge >= 0.3 is 0 Å². The zero-order chi connectivity index (χ0) is 17.9. The summed E-state index contributed by atoms with van der Waals surface area (Å²) in [7, 11) is 1.65. The van der Waals surface area contributed by atoms with E-state index in [1.54, 1.807) is 30.2 Å². The Balaban J connectivity index is 1.39. The maximum Gasteiger partial charge on any atom is 0.191 e. The van der Waals surface area contributed by atoms with Crippen molar-refractivity contribution in [2.24, 2.45) is 0 Å². The molecule has 0 aliphatic heterocycles. The van der Waals surface area contributed by atoms with E-state index in [0.29, 0.717) is 12.4 Å². The summed E-state index contributed by atoms with van der Waals surface area (Å²) in [5, 5.41) is 1.82. The number of aromatic nitrogens is 2. The summed E-state index contributed by atoms with van der Waals surface area (Å²) < 4.78 is 10.9. The molecular weight excluding hydrogens is 366 g/mol. The molecule has 7 heteroatoms. The number of aryl methyl sites for hydroxylation is 2. The fourth-order valence-corrected chi connectivity index (χ4v) is 5.19. The molecule has 0 fully saturated rings. The van der Waals surface area contributed by atoms with Gasteiger partial charge < -0.3 is 15.2 Å². The number of hydrogen-bond acceptors (Lipinski definition) is 7. The third-order valence-electron chi connectivity index (χ3n) is 4.46. The average molecular weight is 388 g/mol. The highest BCUT2D eigenvalue weighted by Gasteiger charge is 2.20. The van der Waals surface area contributed by atoms with Gasteiger partial charge in [-0.05, 0) is 55.5 Å². The van der Waals surface area contributed by atoms with Crippen molar-refractivity contribution in [3.05, 3.63) is 34.7 Å². The normalized spacial score (nSPS) is 13.6. The second-order valence-electron chi connectivity index (χ2n) is 6.15. The molecule has 1 aliphatic carbocycles. The number of nitrogens with two attached hydrogens (primary N) is 1. The first-order valence-corrected chi connectivity index (χ1v) is 10.5. The van der Waals surface area contributed by atoms with Crippen LogP contribution in [0.15, 0.2) is 29.4 Å². The van der Waals surface area contributed by atoms with Crippen LogP contribution in [0.3, 0.4) is 0 Å². The standard InChI is InChI=1S/C19H21N3O2S2/c1-23-12-6-8-13(9-7-12)24-10-11-25-19-21-17(20)16-14-4-2-3-5-15(14)26-18(16)22-19/h6-9H,2-5,10-11H2,1H3,(H2,20,21,22). The van der Waals surface area contributed by atoms with Gasteiger partial charge in [-0.3, -0.25) is 0 Å². The van der Waals surface area contributed by atoms with Crippen molar-refractivity contribution in [3.63, 3.8) is 0 Å². The average Bonchev–Trinajstić information content (AvgIpc) is 3.04. The smallest absolute Gasteiger partial charge is 0.191 e. The molecule has 0 amide bonds. The topological polar surface area (TPSA) is 70.3 Å². The van der Waals surface area contributed by atoms with Crippen molar-refractivity contribution in [1.82, 2.24) is 9.97 Å². The fourth-order valence-electron chi connectivity index (χ4n) is 3.19. The van der Waals surface area contributed by atoms with E-state index in [2.05, 4.69) is 4.98 Å². The highest BCUT2D eigenvalue weighted by Crippen LogP contribution is 2.38. The van der Waals surface area contributed by atoms with Gasteiger partial charge in [0.15, 0.2) is 5.16 Å². The Kier molecular flexibility index (Phi) is 5.17. The molecule has 1 aliphatic rings. The highest BCUT2D eigenvalue weighted by molar-refractivity contribution is 7.99. The Morgan fingerprint density at radius 1 is 1.12 bits per heavy atom. The molecule has 0 saturated carbocycles. The van der Waals surface area contributed by atoms with Crippen LogP contribution in [0.2, 0.25) is 0 Å². The molecule has 2 N–H and O–H groups in total. The van der Waals surface area contributed by atoms with E-state index >= 15 is 0 Å². The van der Waals surface area contributed by atoms with Crippen LogP contribution in [0.4, 0.5) is 5.82 Å². The molecule has 0 atom stereocenters. The van der Waals surface area contributed by atoms with Crippen molar-refractivity contribution in [3.8, 4) is 11.5 Å². The third kappa shape index (κ3) is 3.59. The number of nitrogen functional groups attached to an aromatic ring is 1. The number of anilines is 1. The lowest BCUT2D eigenvalue weighted by molar-refractivity contribution is 0.342. The van der Waals surface area contributed by atoms with Gasteiger partial charge in [0.05, 0.1) is 19.1 Å². The van der Waals surface area contributed by atoms with Gasteiger partial charge in [0.25, 0.3) is 0 Å². The lowest BCUT2D eigenvalue weighted by Gasteiger charge is -2.10. The van der Waals surface area contributed by atoms with E-state index in [4.69, 9.17) is 20.2 Å². The van der Waals surface area contributed by atoms with E-state index in [1.165, 1.54) is 23.3 Å². The number of fused-ring (bicyclic) bond motifs is 3. The van der Waals surface area contributed by atoms with Crippen LogP contribution in [-0.2, 0) is 12.8 Å². The molecule has 26 heavy (non-hydrogen) atoms. The molecule has 5 nitrogen and oxygen atoms in total. The summed E-state index contributed by atoms with van der Waals surface area (Å²) in [6.45, 7) is 0.583. The number of benzene rings is 1. The SMILES string of the molecule is COc1ccc(OCCSc2nc(N)c3c4c(sc3n2)CCCC4)cc1. The van der Waals surface area contributed by atoms with Crippen molar-refractivity contribution in [1.29, 1.82) is 0 Å². The van der Waals surface area contributed by atoms with Crippen LogP contribution in [-0.4, -0.2) is 29.4 Å². The Morgan fingerprint density at radius 2 is 1.88 bits per heavy atom. The van der Waals surface area contributed by atoms with E-state index in [-0.39, 0.29) is 0 Å². The van der Waals surface area contributed by atoms with Crippen LogP contribution in [0.1, 0.15) is 23.3 Å². The summed E-state index contributed by atoms with van der Waals surface area (Å²) in [4.78, 5) is 11.7. The quantitative estimate of drug-likeness (QED) is 0.386. The zero-order valence-corrected chi connectivity index (χ0v) is 16.3.